The monoisotopic (exact) mass is 496 g/mol. The normalized spacial score (nSPS) is 46.4. The number of carbonyl (C=O) groups excluding carboxylic acids is 3. The highest BCUT2D eigenvalue weighted by Gasteiger charge is 2.82. The second-order valence-corrected chi connectivity index (χ2v) is 11.7. The molecule has 9 atom stereocenters. The minimum Gasteiger partial charge on any atom is -0.462 e. The molecule has 1 heterocycles. The largest absolute Gasteiger partial charge is 0.462 e. The maximum Gasteiger partial charge on any atom is 0.303 e. The Balaban J connectivity index is 2.40. The third-order valence-electron chi connectivity index (χ3n) is 8.84. The van der Waals surface area contributed by atoms with Crippen LogP contribution in [0.1, 0.15) is 74.7 Å². The fourth-order valence-corrected chi connectivity index (χ4v) is 7.50. The molecule has 0 amide bonds. The Hall–Kier alpha value is -1.97. The van der Waals surface area contributed by atoms with Crippen molar-refractivity contribution in [2.75, 3.05) is 0 Å². The van der Waals surface area contributed by atoms with E-state index in [-0.39, 0.29) is 6.42 Å². The highest BCUT2D eigenvalue weighted by atomic mass is 16.6. The zero-order valence-electron chi connectivity index (χ0n) is 22.0. The Morgan fingerprint density at radius 2 is 1.46 bits per heavy atom. The fraction of sp³-hybridized carbons (Fsp3) is 0.808. The third-order valence-corrected chi connectivity index (χ3v) is 8.84. The second kappa shape index (κ2) is 8.56. The van der Waals surface area contributed by atoms with Crippen LogP contribution in [0.15, 0.2) is 12.7 Å². The number of fused-ring (bicyclic) bond motifs is 3. The molecule has 0 unspecified atom stereocenters. The molecule has 198 valence electrons. The summed E-state index contributed by atoms with van der Waals surface area (Å²) in [6.07, 6.45) is -1.99. The smallest absolute Gasteiger partial charge is 0.303 e. The summed E-state index contributed by atoms with van der Waals surface area (Å²) in [7, 11) is 0. The van der Waals surface area contributed by atoms with Crippen LogP contribution in [0.3, 0.4) is 0 Å². The van der Waals surface area contributed by atoms with Crippen LogP contribution in [0.4, 0.5) is 0 Å². The number of hydrogen-bond acceptors (Lipinski definition) is 9. The Bertz CT molecular complexity index is 914. The first-order valence-corrected chi connectivity index (χ1v) is 12.2. The van der Waals surface area contributed by atoms with Gasteiger partial charge in [0, 0.05) is 38.5 Å². The molecule has 0 radical (unpaired) electrons. The summed E-state index contributed by atoms with van der Waals surface area (Å²) in [5, 5.41) is 24.7. The van der Waals surface area contributed by atoms with Gasteiger partial charge in [0.1, 0.15) is 35.6 Å². The van der Waals surface area contributed by atoms with E-state index in [1.54, 1.807) is 13.8 Å². The molecule has 3 fully saturated rings. The Morgan fingerprint density at radius 1 is 0.943 bits per heavy atom. The van der Waals surface area contributed by atoms with Gasteiger partial charge in [-0.2, -0.15) is 0 Å². The molecule has 0 aromatic heterocycles. The molecule has 2 N–H and O–H groups in total. The molecule has 1 aliphatic heterocycles. The summed E-state index contributed by atoms with van der Waals surface area (Å²) in [4.78, 5) is 36.7. The van der Waals surface area contributed by atoms with Gasteiger partial charge < -0.3 is 29.2 Å². The molecule has 9 heteroatoms. The van der Waals surface area contributed by atoms with Crippen molar-refractivity contribution >= 4 is 17.9 Å². The molecule has 35 heavy (non-hydrogen) atoms. The number of rotatable bonds is 4. The summed E-state index contributed by atoms with van der Waals surface area (Å²) in [5.74, 6) is -2.43. The van der Waals surface area contributed by atoms with Crippen molar-refractivity contribution in [2.24, 2.45) is 16.7 Å². The molecule has 2 saturated carbocycles. The topological polar surface area (TPSA) is 129 Å². The number of ether oxygens (including phenoxy) is 4. The van der Waals surface area contributed by atoms with Crippen LogP contribution in [0.5, 0.6) is 0 Å². The molecule has 0 bridgehead atoms. The number of esters is 3. The molecule has 3 rings (SSSR count). The van der Waals surface area contributed by atoms with E-state index in [2.05, 4.69) is 6.58 Å². The van der Waals surface area contributed by atoms with Crippen molar-refractivity contribution in [1.29, 1.82) is 0 Å². The van der Waals surface area contributed by atoms with Gasteiger partial charge in [0.15, 0.2) is 0 Å². The van der Waals surface area contributed by atoms with E-state index in [0.717, 1.165) is 0 Å². The summed E-state index contributed by atoms with van der Waals surface area (Å²) in [6.45, 7) is 16.6. The minimum absolute atomic E-state index is 0.0582. The van der Waals surface area contributed by atoms with Gasteiger partial charge in [0.25, 0.3) is 0 Å². The molecule has 2 aliphatic carbocycles. The molecular weight excluding hydrogens is 456 g/mol. The van der Waals surface area contributed by atoms with Crippen LogP contribution in [0.25, 0.3) is 0 Å². The number of hydrogen-bond donors (Lipinski definition) is 2. The van der Waals surface area contributed by atoms with Gasteiger partial charge in [-0.25, -0.2) is 0 Å². The first-order valence-electron chi connectivity index (χ1n) is 12.2. The van der Waals surface area contributed by atoms with E-state index < -0.39 is 75.9 Å². The zero-order valence-corrected chi connectivity index (χ0v) is 22.0. The lowest BCUT2D eigenvalue weighted by molar-refractivity contribution is -0.412. The summed E-state index contributed by atoms with van der Waals surface area (Å²) < 4.78 is 23.7. The lowest BCUT2D eigenvalue weighted by Crippen LogP contribution is -2.87. The SMILES string of the molecule is C=C[C@@]1(C)C[C@@H](OC(C)=O)[C@]2(O)[C@@]3(C)[C@@H](OC(C)=O)CCC(C)(C)[C@@H]3[C@H](OC(C)=O)[C@H](O)[C@@]2(C)O1. The average molecular weight is 497 g/mol. The highest BCUT2D eigenvalue weighted by Crippen LogP contribution is 2.68. The van der Waals surface area contributed by atoms with E-state index in [0.29, 0.717) is 12.8 Å². The summed E-state index contributed by atoms with van der Waals surface area (Å²) in [5.41, 5.74) is -6.84. The number of carbonyl (C=O) groups is 3. The van der Waals surface area contributed by atoms with Crippen molar-refractivity contribution in [3.05, 3.63) is 12.7 Å². The summed E-state index contributed by atoms with van der Waals surface area (Å²) in [6, 6.07) is 0. The van der Waals surface area contributed by atoms with Crippen LogP contribution >= 0.6 is 0 Å². The van der Waals surface area contributed by atoms with Gasteiger partial charge in [0.05, 0.1) is 5.60 Å². The van der Waals surface area contributed by atoms with Crippen molar-refractivity contribution in [1.82, 2.24) is 0 Å². The predicted octanol–water partition coefficient (Wildman–Crippen LogP) is 2.45. The molecule has 0 spiro atoms. The van der Waals surface area contributed by atoms with E-state index >= 15 is 0 Å². The maximum atomic E-state index is 12.9. The van der Waals surface area contributed by atoms with Crippen molar-refractivity contribution in [3.8, 4) is 0 Å². The van der Waals surface area contributed by atoms with Gasteiger partial charge in [0.2, 0.25) is 0 Å². The quantitative estimate of drug-likeness (QED) is 0.342. The lowest BCUT2D eigenvalue weighted by atomic mass is 9.39. The van der Waals surface area contributed by atoms with E-state index in [1.807, 2.05) is 13.8 Å². The van der Waals surface area contributed by atoms with Gasteiger partial charge >= 0.3 is 17.9 Å². The maximum absolute atomic E-state index is 12.9. The Kier molecular flexibility index (Phi) is 6.75. The van der Waals surface area contributed by atoms with E-state index in [1.165, 1.54) is 33.8 Å². The minimum atomic E-state index is -2.03. The summed E-state index contributed by atoms with van der Waals surface area (Å²) >= 11 is 0. The van der Waals surface area contributed by atoms with Crippen molar-refractivity contribution in [2.45, 2.75) is 116 Å². The predicted molar refractivity (Wildman–Crippen MR) is 125 cm³/mol. The van der Waals surface area contributed by atoms with Crippen LogP contribution in [0.2, 0.25) is 0 Å². The van der Waals surface area contributed by atoms with Crippen LogP contribution in [-0.4, -0.2) is 69.3 Å². The Labute approximate surface area is 207 Å². The van der Waals surface area contributed by atoms with Gasteiger partial charge in [-0.15, -0.1) is 6.58 Å². The zero-order chi connectivity index (χ0) is 26.8. The fourth-order valence-electron chi connectivity index (χ4n) is 7.50. The third kappa shape index (κ3) is 3.90. The van der Waals surface area contributed by atoms with Crippen LogP contribution in [0, 0.1) is 16.7 Å². The molecule has 9 nitrogen and oxygen atoms in total. The average Bonchev–Trinajstić information content (AvgIpc) is 2.70. The molecule has 0 aromatic carbocycles. The van der Waals surface area contributed by atoms with Crippen LogP contribution in [-0.2, 0) is 33.3 Å². The van der Waals surface area contributed by atoms with Gasteiger partial charge in [-0.1, -0.05) is 26.8 Å². The van der Waals surface area contributed by atoms with Crippen LogP contribution < -0.4 is 0 Å². The number of aliphatic hydroxyl groups excluding tert-OH is 1. The van der Waals surface area contributed by atoms with Crippen molar-refractivity contribution in [3.63, 3.8) is 0 Å². The highest BCUT2D eigenvalue weighted by molar-refractivity contribution is 5.67. The Morgan fingerprint density at radius 3 is 1.94 bits per heavy atom. The van der Waals surface area contributed by atoms with Crippen molar-refractivity contribution < 1.29 is 43.5 Å². The molecule has 0 aromatic rings. The standard InChI is InChI=1S/C26H40O9/c1-10-23(7)13-18(33-15(3)28)26(31)24(8)17(32-14(2)27)11-12-22(5,6)20(24)19(34-16(4)29)21(30)25(26,9)35-23/h10,17-21,30-31H,1,11-13H2,2-9H3/t17-,18+,19-,20-,21-,23-,24-,25+,26-/m0/s1. The molecule has 1 saturated heterocycles. The number of aliphatic hydroxyl groups is 2. The molecular formula is C26H40O9. The first kappa shape index (κ1) is 27.6. The van der Waals surface area contributed by atoms with Gasteiger partial charge in [-0.05, 0) is 32.1 Å². The van der Waals surface area contributed by atoms with E-state index in [9.17, 15) is 24.6 Å². The van der Waals surface area contributed by atoms with E-state index in [4.69, 9.17) is 18.9 Å². The molecule has 3 aliphatic rings. The second-order valence-electron chi connectivity index (χ2n) is 11.7. The van der Waals surface area contributed by atoms with Gasteiger partial charge in [-0.3, -0.25) is 14.4 Å². The first-order chi connectivity index (χ1) is 15.9. The lowest BCUT2D eigenvalue weighted by Gasteiger charge is -2.73.